The summed E-state index contributed by atoms with van der Waals surface area (Å²) in [6.07, 6.45) is 1.89. The molecular formula is C18H14N4O2S. The van der Waals surface area contributed by atoms with Crippen molar-refractivity contribution in [3.05, 3.63) is 71.4 Å². The summed E-state index contributed by atoms with van der Waals surface area (Å²) >= 11 is 1.34. The summed E-state index contributed by atoms with van der Waals surface area (Å²) in [6.45, 7) is 0. The summed E-state index contributed by atoms with van der Waals surface area (Å²) in [6, 6.07) is 17.2. The third kappa shape index (κ3) is 2.90. The van der Waals surface area contributed by atoms with Crippen LogP contribution in [0.1, 0.15) is 16.5 Å². The van der Waals surface area contributed by atoms with Crippen LogP contribution in [0.2, 0.25) is 0 Å². The number of nitrogens with zero attached hydrogens (tertiary/aromatic N) is 2. The predicted molar refractivity (Wildman–Crippen MR) is 95.4 cm³/mol. The van der Waals surface area contributed by atoms with Gasteiger partial charge >= 0.3 is 0 Å². The molecule has 0 saturated carbocycles. The lowest BCUT2D eigenvalue weighted by atomic mass is 9.99. The standard InChI is InChI=1S/C18H14N4O2S/c23-16(22-24)15(11-4-2-1-3-5-11)18-21-20-17(25-18)13-6-7-14-12(10-13)8-9-19-14/h1-10,15,19,24H,(H,22,23). The molecule has 7 heteroatoms. The summed E-state index contributed by atoms with van der Waals surface area (Å²) in [4.78, 5) is 15.3. The zero-order valence-electron chi connectivity index (χ0n) is 13.0. The molecule has 0 aliphatic rings. The largest absolute Gasteiger partial charge is 0.361 e. The maximum absolute atomic E-state index is 12.2. The van der Waals surface area contributed by atoms with Crippen LogP contribution in [0.3, 0.4) is 0 Å². The maximum atomic E-state index is 12.2. The van der Waals surface area contributed by atoms with Gasteiger partial charge in [-0.15, -0.1) is 10.2 Å². The molecular weight excluding hydrogens is 336 g/mol. The Morgan fingerprint density at radius 1 is 1.12 bits per heavy atom. The van der Waals surface area contributed by atoms with Gasteiger partial charge in [-0.2, -0.15) is 0 Å². The molecule has 0 bridgehead atoms. The lowest BCUT2D eigenvalue weighted by Crippen LogP contribution is -2.27. The van der Waals surface area contributed by atoms with Crippen molar-refractivity contribution in [2.75, 3.05) is 0 Å². The Balaban J connectivity index is 1.74. The molecule has 6 nitrogen and oxygen atoms in total. The van der Waals surface area contributed by atoms with Crippen molar-refractivity contribution >= 4 is 28.1 Å². The molecule has 4 aromatic rings. The quantitative estimate of drug-likeness (QED) is 0.389. The molecule has 0 radical (unpaired) electrons. The number of H-pyrrole nitrogens is 1. The summed E-state index contributed by atoms with van der Waals surface area (Å²) in [5.74, 6) is -1.23. The normalized spacial score (nSPS) is 12.2. The van der Waals surface area contributed by atoms with Crippen molar-refractivity contribution in [1.29, 1.82) is 0 Å². The fourth-order valence-corrected chi connectivity index (χ4v) is 3.74. The molecule has 2 aromatic carbocycles. The Morgan fingerprint density at radius 2 is 1.96 bits per heavy atom. The molecule has 3 N–H and O–H groups in total. The first-order valence-corrected chi connectivity index (χ1v) is 8.48. The third-order valence-electron chi connectivity index (χ3n) is 3.99. The minimum atomic E-state index is -0.701. The van der Waals surface area contributed by atoms with Gasteiger partial charge in [-0.05, 0) is 29.8 Å². The highest BCUT2D eigenvalue weighted by atomic mass is 32.1. The van der Waals surface area contributed by atoms with E-state index in [4.69, 9.17) is 5.21 Å². The number of hydrogen-bond acceptors (Lipinski definition) is 5. The zero-order chi connectivity index (χ0) is 17.2. The van der Waals surface area contributed by atoms with Crippen LogP contribution in [-0.4, -0.2) is 26.3 Å². The van der Waals surface area contributed by atoms with Crippen molar-refractivity contribution in [3.8, 4) is 10.6 Å². The molecule has 2 heterocycles. The number of carbonyl (C=O) groups is 1. The van der Waals surface area contributed by atoms with Crippen LogP contribution in [-0.2, 0) is 4.79 Å². The lowest BCUT2D eigenvalue weighted by Gasteiger charge is -2.11. The SMILES string of the molecule is O=C(NO)C(c1ccccc1)c1nnc(-c2ccc3[nH]ccc3c2)s1. The topological polar surface area (TPSA) is 90.9 Å². The van der Waals surface area contributed by atoms with Crippen molar-refractivity contribution in [2.24, 2.45) is 0 Å². The highest BCUT2D eigenvalue weighted by Gasteiger charge is 2.26. The van der Waals surface area contributed by atoms with E-state index >= 15 is 0 Å². The molecule has 124 valence electrons. The van der Waals surface area contributed by atoms with Crippen molar-refractivity contribution in [3.63, 3.8) is 0 Å². The zero-order valence-corrected chi connectivity index (χ0v) is 13.8. The first kappa shape index (κ1) is 15.5. The second kappa shape index (κ2) is 6.46. The van der Waals surface area contributed by atoms with E-state index in [1.807, 2.05) is 60.8 Å². The van der Waals surface area contributed by atoms with E-state index < -0.39 is 11.8 Å². The summed E-state index contributed by atoms with van der Waals surface area (Å²) in [7, 11) is 0. The van der Waals surface area contributed by atoms with E-state index in [-0.39, 0.29) is 0 Å². The van der Waals surface area contributed by atoms with Crippen LogP contribution in [0.4, 0.5) is 0 Å². The van der Waals surface area contributed by atoms with Crippen LogP contribution < -0.4 is 5.48 Å². The van der Waals surface area contributed by atoms with Crippen LogP contribution in [0, 0.1) is 0 Å². The Morgan fingerprint density at radius 3 is 2.76 bits per heavy atom. The Bertz CT molecular complexity index is 1030. The number of amides is 1. The monoisotopic (exact) mass is 350 g/mol. The van der Waals surface area contributed by atoms with Crippen molar-refractivity contribution < 1.29 is 10.0 Å². The van der Waals surface area contributed by atoms with E-state index in [0.29, 0.717) is 5.01 Å². The second-order valence-corrected chi connectivity index (χ2v) is 6.55. The van der Waals surface area contributed by atoms with Crippen LogP contribution in [0.25, 0.3) is 21.5 Å². The molecule has 0 aliphatic heterocycles. The predicted octanol–water partition coefficient (Wildman–Crippen LogP) is 3.32. The highest BCUT2D eigenvalue weighted by Crippen LogP contribution is 2.32. The number of hydroxylamine groups is 1. The number of aromatic amines is 1. The van der Waals surface area contributed by atoms with Gasteiger partial charge in [0.25, 0.3) is 5.91 Å². The molecule has 25 heavy (non-hydrogen) atoms. The Labute approximate surface area is 147 Å². The minimum absolute atomic E-state index is 0.530. The molecule has 2 aromatic heterocycles. The van der Waals surface area contributed by atoms with E-state index in [1.165, 1.54) is 11.3 Å². The molecule has 0 saturated heterocycles. The fourth-order valence-electron chi connectivity index (χ4n) is 2.77. The number of aromatic nitrogens is 3. The van der Waals surface area contributed by atoms with Gasteiger partial charge in [0.15, 0.2) is 0 Å². The van der Waals surface area contributed by atoms with Crippen LogP contribution in [0.5, 0.6) is 0 Å². The third-order valence-corrected chi connectivity index (χ3v) is 5.03. The van der Waals surface area contributed by atoms with E-state index in [2.05, 4.69) is 15.2 Å². The minimum Gasteiger partial charge on any atom is -0.361 e. The van der Waals surface area contributed by atoms with Gasteiger partial charge in [0, 0.05) is 22.7 Å². The first-order chi connectivity index (χ1) is 12.3. The summed E-state index contributed by atoms with van der Waals surface area (Å²) < 4.78 is 0. The van der Waals surface area contributed by atoms with E-state index in [0.717, 1.165) is 27.0 Å². The van der Waals surface area contributed by atoms with E-state index in [1.54, 1.807) is 5.48 Å². The number of hydrogen-bond donors (Lipinski definition) is 3. The van der Waals surface area contributed by atoms with Crippen LogP contribution >= 0.6 is 11.3 Å². The average molecular weight is 350 g/mol. The number of fused-ring (bicyclic) bond motifs is 1. The fraction of sp³-hybridized carbons (Fsp3) is 0.0556. The Kier molecular flexibility index (Phi) is 4.01. The molecule has 0 fully saturated rings. The van der Waals surface area contributed by atoms with Gasteiger partial charge in [0.05, 0.1) is 0 Å². The van der Waals surface area contributed by atoms with Gasteiger partial charge < -0.3 is 4.98 Å². The van der Waals surface area contributed by atoms with Gasteiger partial charge in [-0.3, -0.25) is 10.0 Å². The maximum Gasteiger partial charge on any atom is 0.257 e. The molecule has 1 unspecified atom stereocenters. The van der Waals surface area contributed by atoms with Gasteiger partial charge in [-0.25, -0.2) is 5.48 Å². The average Bonchev–Trinajstić information content (AvgIpc) is 3.31. The number of carbonyl (C=O) groups excluding carboxylic acids is 1. The number of nitrogens with one attached hydrogen (secondary N) is 2. The second-order valence-electron chi connectivity index (χ2n) is 5.54. The number of rotatable bonds is 4. The summed E-state index contributed by atoms with van der Waals surface area (Å²) in [5, 5.41) is 19.9. The van der Waals surface area contributed by atoms with Crippen molar-refractivity contribution in [2.45, 2.75) is 5.92 Å². The number of benzene rings is 2. The molecule has 1 amide bonds. The highest BCUT2D eigenvalue weighted by molar-refractivity contribution is 7.14. The van der Waals surface area contributed by atoms with E-state index in [9.17, 15) is 4.79 Å². The smallest absolute Gasteiger partial charge is 0.257 e. The molecule has 1 atom stereocenters. The first-order valence-electron chi connectivity index (χ1n) is 7.66. The molecule has 0 spiro atoms. The molecule has 4 rings (SSSR count). The summed E-state index contributed by atoms with van der Waals surface area (Å²) in [5.41, 5.74) is 4.46. The van der Waals surface area contributed by atoms with Gasteiger partial charge in [-0.1, -0.05) is 41.7 Å². The lowest BCUT2D eigenvalue weighted by molar-refractivity contribution is -0.129. The van der Waals surface area contributed by atoms with Gasteiger partial charge in [0.1, 0.15) is 15.9 Å². The molecule has 0 aliphatic carbocycles. The van der Waals surface area contributed by atoms with Crippen LogP contribution in [0.15, 0.2) is 60.8 Å². The Hall–Kier alpha value is -3.03. The van der Waals surface area contributed by atoms with Gasteiger partial charge in [0.2, 0.25) is 0 Å². The van der Waals surface area contributed by atoms with Crippen molar-refractivity contribution in [1.82, 2.24) is 20.7 Å².